The van der Waals surface area contributed by atoms with Crippen LogP contribution < -0.4 is 5.32 Å². The van der Waals surface area contributed by atoms with Crippen LogP contribution in [0.15, 0.2) is 30.3 Å². The number of hydrogen-bond acceptors (Lipinski definition) is 2. The predicted octanol–water partition coefficient (Wildman–Crippen LogP) is 2.16. The minimum absolute atomic E-state index is 0.0235. The second kappa shape index (κ2) is 6.01. The first kappa shape index (κ1) is 13.1. The number of hydrogen-bond donors (Lipinski definition) is 1. The summed E-state index contributed by atoms with van der Waals surface area (Å²) in [4.78, 5) is 12.0. The molecule has 0 aliphatic carbocycles. The molecule has 0 aromatic heterocycles. The number of amides is 1. The topological polar surface area (TPSA) is 38.3 Å². The molecular formula is C15H21NO2. The molecule has 1 aliphatic rings. The van der Waals surface area contributed by atoms with E-state index in [-0.39, 0.29) is 18.1 Å². The second-order valence-electron chi connectivity index (χ2n) is 5.01. The molecule has 1 heterocycles. The summed E-state index contributed by atoms with van der Waals surface area (Å²) in [5, 5.41) is 3.07. The maximum absolute atomic E-state index is 12.0. The van der Waals surface area contributed by atoms with Crippen LogP contribution in [0.4, 0.5) is 0 Å². The van der Waals surface area contributed by atoms with Crippen molar-refractivity contribution in [3.63, 3.8) is 0 Å². The van der Waals surface area contributed by atoms with E-state index in [1.807, 2.05) is 30.3 Å². The van der Waals surface area contributed by atoms with Gasteiger partial charge in [0.1, 0.15) is 6.10 Å². The zero-order valence-electron chi connectivity index (χ0n) is 11.1. The first-order valence-corrected chi connectivity index (χ1v) is 6.66. The van der Waals surface area contributed by atoms with Gasteiger partial charge >= 0.3 is 0 Å². The van der Waals surface area contributed by atoms with Crippen LogP contribution in [0.5, 0.6) is 0 Å². The lowest BCUT2D eigenvalue weighted by Gasteiger charge is -2.32. The Balaban J connectivity index is 1.92. The highest BCUT2D eigenvalue weighted by molar-refractivity contribution is 5.82. The zero-order valence-corrected chi connectivity index (χ0v) is 11.1. The molecule has 2 rings (SSSR count). The normalized spacial score (nSPS) is 25.6. The van der Waals surface area contributed by atoms with Gasteiger partial charge < -0.3 is 10.1 Å². The molecule has 1 aromatic rings. The van der Waals surface area contributed by atoms with Crippen LogP contribution in [0.1, 0.15) is 25.8 Å². The molecule has 1 N–H and O–H groups in total. The standard InChI is InChI=1S/C15H21NO2/c1-3-11(2)13-10-18-14(15(17)16-13)9-12-7-5-4-6-8-12/h4-8,11,13-14H,3,9-10H2,1-2H3,(H,16,17)/t11-,13+,14-/m0/s1. The molecule has 98 valence electrons. The first-order valence-electron chi connectivity index (χ1n) is 6.66. The molecule has 3 heteroatoms. The summed E-state index contributed by atoms with van der Waals surface area (Å²) in [7, 11) is 0. The van der Waals surface area contributed by atoms with Crippen molar-refractivity contribution >= 4 is 5.91 Å². The smallest absolute Gasteiger partial charge is 0.249 e. The number of nitrogens with one attached hydrogen (secondary N) is 1. The first-order chi connectivity index (χ1) is 8.70. The number of carbonyl (C=O) groups excluding carboxylic acids is 1. The molecule has 0 saturated carbocycles. The third-order valence-electron chi connectivity index (χ3n) is 3.69. The van der Waals surface area contributed by atoms with Gasteiger partial charge in [0.25, 0.3) is 0 Å². The summed E-state index contributed by atoms with van der Waals surface area (Å²) in [6.45, 7) is 4.90. The van der Waals surface area contributed by atoms with E-state index in [9.17, 15) is 4.79 Å². The summed E-state index contributed by atoms with van der Waals surface area (Å²) in [6.07, 6.45) is 1.37. The van der Waals surface area contributed by atoms with Gasteiger partial charge in [-0.3, -0.25) is 4.79 Å². The van der Waals surface area contributed by atoms with Crippen molar-refractivity contribution in [3.05, 3.63) is 35.9 Å². The summed E-state index contributed by atoms with van der Waals surface area (Å²) in [6, 6.07) is 10.2. The number of rotatable bonds is 4. The van der Waals surface area contributed by atoms with E-state index < -0.39 is 0 Å². The van der Waals surface area contributed by atoms with Gasteiger partial charge in [-0.1, -0.05) is 50.6 Å². The Hall–Kier alpha value is -1.35. The predicted molar refractivity (Wildman–Crippen MR) is 71.3 cm³/mol. The molecule has 1 fully saturated rings. The largest absolute Gasteiger partial charge is 0.366 e. The van der Waals surface area contributed by atoms with Crippen LogP contribution in [-0.4, -0.2) is 24.7 Å². The van der Waals surface area contributed by atoms with E-state index in [0.29, 0.717) is 18.9 Å². The number of ether oxygens (including phenoxy) is 1. The lowest BCUT2D eigenvalue weighted by Crippen LogP contribution is -2.54. The number of benzene rings is 1. The average Bonchev–Trinajstić information content (AvgIpc) is 2.41. The van der Waals surface area contributed by atoms with Crippen molar-refractivity contribution < 1.29 is 9.53 Å². The molecule has 0 spiro atoms. The molecular weight excluding hydrogens is 226 g/mol. The van der Waals surface area contributed by atoms with Gasteiger partial charge in [-0.05, 0) is 11.5 Å². The third-order valence-corrected chi connectivity index (χ3v) is 3.69. The van der Waals surface area contributed by atoms with Gasteiger partial charge in [0, 0.05) is 6.42 Å². The Morgan fingerprint density at radius 3 is 2.72 bits per heavy atom. The molecule has 3 nitrogen and oxygen atoms in total. The van der Waals surface area contributed by atoms with E-state index in [2.05, 4.69) is 19.2 Å². The SMILES string of the molecule is CC[C@H](C)[C@H]1CO[C@@H](Cc2ccccc2)C(=O)N1. The number of carbonyl (C=O) groups is 1. The highest BCUT2D eigenvalue weighted by atomic mass is 16.5. The summed E-state index contributed by atoms with van der Waals surface area (Å²) in [5.41, 5.74) is 1.14. The van der Waals surface area contributed by atoms with Crippen molar-refractivity contribution in [3.8, 4) is 0 Å². The lowest BCUT2D eigenvalue weighted by atomic mass is 9.97. The molecule has 1 aromatic carbocycles. The Morgan fingerprint density at radius 1 is 1.39 bits per heavy atom. The Morgan fingerprint density at radius 2 is 2.11 bits per heavy atom. The van der Waals surface area contributed by atoms with Crippen molar-refractivity contribution in [2.24, 2.45) is 5.92 Å². The molecule has 0 unspecified atom stereocenters. The fourth-order valence-electron chi connectivity index (χ4n) is 2.18. The van der Waals surface area contributed by atoms with Gasteiger partial charge in [0.15, 0.2) is 0 Å². The quantitative estimate of drug-likeness (QED) is 0.885. The lowest BCUT2D eigenvalue weighted by molar-refractivity contribution is -0.141. The maximum Gasteiger partial charge on any atom is 0.249 e. The van der Waals surface area contributed by atoms with E-state index in [1.165, 1.54) is 0 Å². The van der Waals surface area contributed by atoms with Gasteiger partial charge in [-0.15, -0.1) is 0 Å². The summed E-state index contributed by atoms with van der Waals surface area (Å²) in [5.74, 6) is 0.488. The molecule has 0 radical (unpaired) electrons. The van der Waals surface area contributed by atoms with Gasteiger partial charge in [-0.2, -0.15) is 0 Å². The number of morpholine rings is 1. The van der Waals surface area contributed by atoms with Crippen molar-refractivity contribution in [1.82, 2.24) is 5.32 Å². The minimum Gasteiger partial charge on any atom is -0.366 e. The monoisotopic (exact) mass is 247 g/mol. The molecule has 1 aliphatic heterocycles. The summed E-state index contributed by atoms with van der Waals surface area (Å²) >= 11 is 0. The Kier molecular flexibility index (Phi) is 4.37. The van der Waals surface area contributed by atoms with Gasteiger partial charge in [0.05, 0.1) is 12.6 Å². The van der Waals surface area contributed by atoms with Gasteiger partial charge in [0.2, 0.25) is 5.91 Å². The highest BCUT2D eigenvalue weighted by Gasteiger charge is 2.30. The van der Waals surface area contributed by atoms with Crippen molar-refractivity contribution in [2.45, 2.75) is 38.8 Å². The third kappa shape index (κ3) is 3.10. The van der Waals surface area contributed by atoms with E-state index >= 15 is 0 Å². The van der Waals surface area contributed by atoms with Crippen molar-refractivity contribution in [2.75, 3.05) is 6.61 Å². The Labute approximate surface area is 109 Å². The molecule has 0 bridgehead atoms. The molecule has 3 atom stereocenters. The van der Waals surface area contributed by atoms with Crippen LogP contribution in [0, 0.1) is 5.92 Å². The van der Waals surface area contributed by atoms with Crippen LogP contribution in [-0.2, 0) is 16.0 Å². The molecule has 18 heavy (non-hydrogen) atoms. The Bertz CT molecular complexity index is 391. The summed E-state index contributed by atoms with van der Waals surface area (Å²) < 4.78 is 5.72. The van der Waals surface area contributed by atoms with E-state index in [1.54, 1.807) is 0 Å². The fourth-order valence-corrected chi connectivity index (χ4v) is 2.18. The maximum atomic E-state index is 12.0. The van der Waals surface area contributed by atoms with Crippen molar-refractivity contribution in [1.29, 1.82) is 0 Å². The zero-order chi connectivity index (χ0) is 13.0. The average molecular weight is 247 g/mol. The van der Waals surface area contributed by atoms with E-state index in [0.717, 1.165) is 12.0 Å². The van der Waals surface area contributed by atoms with Crippen LogP contribution in [0.25, 0.3) is 0 Å². The molecule has 1 amide bonds. The second-order valence-corrected chi connectivity index (χ2v) is 5.01. The van der Waals surface area contributed by atoms with Crippen LogP contribution >= 0.6 is 0 Å². The highest BCUT2D eigenvalue weighted by Crippen LogP contribution is 2.16. The fraction of sp³-hybridized carbons (Fsp3) is 0.533. The van der Waals surface area contributed by atoms with Crippen LogP contribution in [0.2, 0.25) is 0 Å². The van der Waals surface area contributed by atoms with E-state index in [4.69, 9.17) is 4.74 Å². The van der Waals surface area contributed by atoms with Crippen LogP contribution in [0.3, 0.4) is 0 Å². The van der Waals surface area contributed by atoms with Gasteiger partial charge in [-0.25, -0.2) is 0 Å². The minimum atomic E-state index is -0.340. The molecule has 1 saturated heterocycles.